The second-order valence-electron chi connectivity index (χ2n) is 8.34. The Morgan fingerprint density at radius 1 is 1.29 bits per heavy atom. The highest BCUT2D eigenvalue weighted by atomic mass is 32.1. The molecule has 3 heterocycles. The van der Waals surface area contributed by atoms with Crippen molar-refractivity contribution < 1.29 is 14.3 Å². The molecule has 10 heteroatoms. The highest BCUT2D eigenvalue weighted by molar-refractivity contribution is 7.03. The summed E-state index contributed by atoms with van der Waals surface area (Å²) in [5.41, 5.74) is 3.47. The summed E-state index contributed by atoms with van der Waals surface area (Å²) in [6.07, 6.45) is 5.59. The van der Waals surface area contributed by atoms with Crippen LogP contribution in [0.3, 0.4) is 0 Å². The number of carbonyl (C=O) groups excluding carboxylic acids is 1. The Morgan fingerprint density at radius 2 is 2.13 bits per heavy atom. The lowest BCUT2D eigenvalue weighted by molar-refractivity contribution is 0.101. The molecule has 1 amide bonds. The maximum absolute atomic E-state index is 12.6. The second kappa shape index (κ2) is 8.43. The zero-order valence-electron chi connectivity index (χ0n) is 17.6. The number of aryl methyl sites for hydroxylation is 1. The van der Waals surface area contributed by atoms with Crippen LogP contribution in [0.25, 0.3) is 0 Å². The number of aromatic amines is 1. The van der Waals surface area contributed by atoms with Crippen molar-refractivity contribution in [2.24, 2.45) is 7.05 Å². The second-order valence-corrected chi connectivity index (χ2v) is 8.97. The van der Waals surface area contributed by atoms with Gasteiger partial charge in [0.1, 0.15) is 11.8 Å². The fourth-order valence-electron chi connectivity index (χ4n) is 4.22. The number of methoxy groups -OCH3 is 1. The lowest BCUT2D eigenvalue weighted by Gasteiger charge is -2.13. The Morgan fingerprint density at radius 3 is 2.94 bits per heavy atom. The molecule has 2 aliphatic rings. The van der Waals surface area contributed by atoms with Crippen LogP contribution < -0.4 is 10.1 Å². The first-order valence-electron chi connectivity index (χ1n) is 10.6. The molecule has 31 heavy (non-hydrogen) atoms. The van der Waals surface area contributed by atoms with Gasteiger partial charge in [-0.2, -0.15) is 14.6 Å². The van der Waals surface area contributed by atoms with Gasteiger partial charge in [-0.05, 0) is 55.6 Å². The van der Waals surface area contributed by atoms with Gasteiger partial charge >= 0.3 is 0 Å². The van der Waals surface area contributed by atoms with E-state index in [9.17, 15) is 4.79 Å². The number of amides is 1. The van der Waals surface area contributed by atoms with Crippen molar-refractivity contribution in [2.75, 3.05) is 12.4 Å². The Balaban J connectivity index is 1.19. The average Bonchev–Trinajstić information content (AvgIpc) is 3.13. The molecule has 164 valence electrons. The summed E-state index contributed by atoms with van der Waals surface area (Å²) in [7, 11) is 3.33. The van der Waals surface area contributed by atoms with Crippen molar-refractivity contribution in [1.82, 2.24) is 24.4 Å². The maximum atomic E-state index is 12.6. The van der Waals surface area contributed by atoms with Gasteiger partial charge < -0.3 is 14.8 Å². The molecular formula is C21H26N6O3S. The van der Waals surface area contributed by atoms with E-state index in [0.29, 0.717) is 35.6 Å². The molecule has 5 rings (SSSR count). The number of aromatic nitrogens is 5. The van der Waals surface area contributed by atoms with Crippen molar-refractivity contribution in [3.05, 3.63) is 40.2 Å². The van der Waals surface area contributed by atoms with Crippen molar-refractivity contribution >= 4 is 23.3 Å². The first kappa shape index (κ1) is 20.2. The molecule has 3 aromatic rings. The van der Waals surface area contributed by atoms with E-state index in [0.717, 1.165) is 30.8 Å². The van der Waals surface area contributed by atoms with E-state index < -0.39 is 0 Å². The minimum atomic E-state index is -0.251. The van der Waals surface area contributed by atoms with Crippen LogP contribution >= 0.6 is 11.5 Å². The summed E-state index contributed by atoms with van der Waals surface area (Å²) in [6, 6.07) is 3.63. The van der Waals surface area contributed by atoms with Crippen LogP contribution in [0.4, 0.5) is 5.82 Å². The molecule has 0 radical (unpaired) electrons. The first-order valence-corrected chi connectivity index (χ1v) is 11.4. The topological polar surface area (TPSA) is 107 Å². The summed E-state index contributed by atoms with van der Waals surface area (Å²) in [5, 5.41) is 16.6. The fourth-order valence-corrected chi connectivity index (χ4v) is 4.93. The predicted molar refractivity (Wildman–Crippen MR) is 116 cm³/mol. The molecule has 0 saturated heterocycles. The van der Waals surface area contributed by atoms with E-state index >= 15 is 0 Å². The predicted octanol–water partition coefficient (Wildman–Crippen LogP) is 3.59. The van der Waals surface area contributed by atoms with Gasteiger partial charge in [-0.25, -0.2) is 0 Å². The van der Waals surface area contributed by atoms with Crippen LogP contribution in [-0.4, -0.2) is 43.5 Å². The number of ether oxygens (including phenoxy) is 2. The first-order chi connectivity index (χ1) is 15.1. The summed E-state index contributed by atoms with van der Waals surface area (Å²) in [5.74, 6) is 2.07. The molecule has 0 spiro atoms. The largest absolute Gasteiger partial charge is 0.474 e. The van der Waals surface area contributed by atoms with Gasteiger partial charge in [0.2, 0.25) is 5.88 Å². The summed E-state index contributed by atoms with van der Waals surface area (Å²) >= 11 is 1.48. The molecule has 3 aromatic heterocycles. The standard InChI is InChI=1S/C21H26N6O3S/c1-27-18(8-14(25-27)10-29-2)20(28)22-19-9-17(23-24-19)13-5-6-15(7-13)30-21-16(11-31-26-21)12-3-4-12/h8-9,11-13,15H,3-7,10H2,1-2H3,(H2,22,23,24,28)/t13-,15+/m0/s1. The average molecular weight is 443 g/mol. The Labute approximate surface area is 184 Å². The molecule has 2 N–H and O–H groups in total. The van der Waals surface area contributed by atoms with E-state index in [-0.39, 0.29) is 12.0 Å². The van der Waals surface area contributed by atoms with Crippen LogP contribution in [-0.2, 0) is 18.4 Å². The fraction of sp³-hybridized carbons (Fsp3) is 0.524. The molecule has 0 bridgehead atoms. The Kier molecular flexibility index (Phi) is 5.49. The summed E-state index contributed by atoms with van der Waals surface area (Å²) in [4.78, 5) is 12.6. The normalized spacial score (nSPS) is 20.8. The number of carbonyl (C=O) groups is 1. The number of H-pyrrole nitrogens is 1. The number of hydrogen-bond acceptors (Lipinski definition) is 7. The SMILES string of the molecule is COCc1cc(C(=O)Nc2cc([C@H]3CC[C@@H](Oc4nscc4C4CC4)C3)[nH]n2)n(C)n1. The third-order valence-corrected chi connectivity index (χ3v) is 6.61. The van der Waals surface area contributed by atoms with E-state index in [4.69, 9.17) is 9.47 Å². The molecular weight excluding hydrogens is 416 g/mol. The molecule has 2 fully saturated rings. The monoisotopic (exact) mass is 442 g/mol. The number of hydrogen-bond donors (Lipinski definition) is 2. The van der Waals surface area contributed by atoms with Crippen LogP contribution in [0.2, 0.25) is 0 Å². The minimum absolute atomic E-state index is 0.166. The van der Waals surface area contributed by atoms with Crippen LogP contribution in [0.5, 0.6) is 5.88 Å². The molecule has 0 aliphatic heterocycles. The van der Waals surface area contributed by atoms with Crippen molar-refractivity contribution in [1.29, 1.82) is 0 Å². The van der Waals surface area contributed by atoms with Crippen LogP contribution in [0.15, 0.2) is 17.5 Å². The summed E-state index contributed by atoms with van der Waals surface area (Å²) < 4.78 is 17.3. The van der Waals surface area contributed by atoms with Crippen molar-refractivity contribution in [3.63, 3.8) is 0 Å². The third kappa shape index (κ3) is 4.35. The van der Waals surface area contributed by atoms with Gasteiger partial charge in [-0.15, -0.1) is 0 Å². The molecule has 0 aromatic carbocycles. The van der Waals surface area contributed by atoms with E-state index in [1.54, 1.807) is 24.9 Å². The summed E-state index contributed by atoms with van der Waals surface area (Å²) in [6.45, 7) is 0.363. The highest BCUT2D eigenvalue weighted by Gasteiger charge is 2.33. The molecule has 2 atom stereocenters. The molecule has 9 nitrogen and oxygen atoms in total. The number of anilines is 1. The van der Waals surface area contributed by atoms with Crippen LogP contribution in [0, 0.1) is 0 Å². The van der Waals surface area contributed by atoms with Gasteiger partial charge in [0, 0.05) is 42.8 Å². The number of nitrogens with one attached hydrogen (secondary N) is 2. The zero-order chi connectivity index (χ0) is 21.4. The molecule has 2 aliphatic carbocycles. The Bertz CT molecular complexity index is 1070. The lowest BCUT2D eigenvalue weighted by atomic mass is 10.0. The van der Waals surface area contributed by atoms with E-state index in [2.05, 4.69) is 30.4 Å². The number of nitrogens with zero attached hydrogens (tertiary/aromatic N) is 4. The minimum Gasteiger partial charge on any atom is -0.474 e. The van der Waals surface area contributed by atoms with E-state index in [1.807, 2.05) is 6.07 Å². The lowest BCUT2D eigenvalue weighted by Crippen LogP contribution is -2.16. The third-order valence-electron chi connectivity index (χ3n) is 5.98. The van der Waals surface area contributed by atoms with Crippen molar-refractivity contribution in [3.8, 4) is 5.88 Å². The number of rotatable bonds is 8. The van der Waals surface area contributed by atoms with Crippen LogP contribution in [0.1, 0.15) is 71.4 Å². The Hall–Kier alpha value is -2.72. The molecule has 2 saturated carbocycles. The van der Waals surface area contributed by atoms with Gasteiger partial charge in [0.25, 0.3) is 5.91 Å². The maximum Gasteiger partial charge on any atom is 0.275 e. The van der Waals surface area contributed by atoms with Gasteiger partial charge in [-0.3, -0.25) is 14.6 Å². The van der Waals surface area contributed by atoms with Crippen molar-refractivity contribution in [2.45, 2.75) is 56.7 Å². The quantitative estimate of drug-likeness (QED) is 0.552. The highest BCUT2D eigenvalue weighted by Crippen LogP contribution is 2.46. The smallest absolute Gasteiger partial charge is 0.275 e. The van der Waals surface area contributed by atoms with E-state index in [1.165, 1.54) is 29.9 Å². The molecule has 0 unspecified atom stereocenters. The van der Waals surface area contributed by atoms with Gasteiger partial charge in [0.05, 0.1) is 12.3 Å². The van der Waals surface area contributed by atoms with Gasteiger partial charge in [0.15, 0.2) is 5.82 Å². The van der Waals surface area contributed by atoms with Gasteiger partial charge in [-0.1, -0.05) is 0 Å². The zero-order valence-corrected chi connectivity index (χ0v) is 18.4.